The van der Waals surface area contributed by atoms with Gasteiger partial charge in [-0.1, -0.05) is 0 Å². The van der Waals surface area contributed by atoms with Gasteiger partial charge in [-0.15, -0.1) is 0 Å². The molecule has 0 N–H and O–H groups in total. The average Bonchev–Trinajstić information content (AvgIpc) is 2.16. The lowest BCUT2D eigenvalue weighted by Gasteiger charge is -2.01. The van der Waals surface area contributed by atoms with Crippen LogP contribution in [-0.4, -0.2) is 11.5 Å². The first-order valence-electron chi connectivity index (χ1n) is 3.48. The number of aldehydes is 1. The minimum atomic E-state index is -0.735. The minimum Gasteiger partial charge on any atom is -0.298 e. The Morgan fingerprint density at radius 3 is 2.64 bits per heavy atom. The predicted octanol–water partition coefficient (Wildman–Crippen LogP) is 2.35. The van der Waals surface area contributed by atoms with Crippen LogP contribution in [0.3, 0.4) is 0 Å². The van der Waals surface area contributed by atoms with Crippen LogP contribution >= 0.6 is 34.2 Å². The van der Waals surface area contributed by atoms with Crippen LogP contribution in [0.5, 0.6) is 0 Å². The SMILES string of the molecule is N#Cc1cc(I)c(C=O)cc1C(=O)Cl. The average molecular weight is 319 g/mol. The highest BCUT2D eigenvalue weighted by molar-refractivity contribution is 14.1. The molecule has 0 amide bonds. The van der Waals surface area contributed by atoms with Gasteiger partial charge in [-0.25, -0.2) is 0 Å². The van der Waals surface area contributed by atoms with Crippen LogP contribution in [0.2, 0.25) is 0 Å². The highest BCUT2D eigenvalue weighted by atomic mass is 127. The van der Waals surface area contributed by atoms with Crippen molar-refractivity contribution in [2.24, 2.45) is 0 Å². The third-order valence-electron chi connectivity index (χ3n) is 1.60. The van der Waals surface area contributed by atoms with Gasteiger partial charge in [0, 0.05) is 9.13 Å². The standard InChI is InChI=1S/C9H3ClINO2/c10-9(14)7-1-6(4-13)8(11)2-5(7)3-12/h1-2,4H. The zero-order chi connectivity index (χ0) is 10.7. The van der Waals surface area contributed by atoms with Gasteiger partial charge in [0.1, 0.15) is 0 Å². The summed E-state index contributed by atoms with van der Waals surface area (Å²) in [7, 11) is 0. The van der Waals surface area contributed by atoms with Gasteiger partial charge in [0.15, 0.2) is 6.29 Å². The summed E-state index contributed by atoms with van der Waals surface area (Å²) < 4.78 is 0.621. The Hall–Kier alpha value is -0.930. The van der Waals surface area contributed by atoms with E-state index in [1.165, 1.54) is 12.1 Å². The molecule has 0 radical (unpaired) electrons. The van der Waals surface area contributed by atoms with E-state index in [4.69, 9.17) is 16.9 Å². The van der Waals surface area contributed by atoms with Crippen LogP contribution in [0.15, 0.2) is 12.1 Å². The highest BCUT2D eigenvalue weighted by Crippen LogP contribution is 2.18. The second-order valence-corrected chi connectivity index (χ2v) is 3.93. The smallest absolute Gasteiger partial charge is 0.253 e. The van der Waals surface area contributed by atoms with Gasteiger partial charge in [-0.3, -0.25) is 9.59 Å². The molecule has 1 rings (SSSR count). The summed E-state index contributed by atoms with van der Waals surface area (Å²) in [5.74, 6) is 0. The van der Waals surface area contributed by atoms with Gasteiger partial charge in [0.05, 0.1) is 17.2 Å². The van der Waals surface area contributed by atoms with Gasteiger partial charge in [0.25, 0.3) is 5.24 Å². The summed E-state index contributed by atoms with van der Waals surface area (Å²) in [5.41, 5.74) is 0.602. The fraction of sp³-hybridized carbons (Fsp3) is 0. The molecule has 0 saturated carbocycles. The van der Waals surface area contributed by atoms with Crippen molar-refractivity contribution in [3.8, 4) is 6.07 Å². The molecular formula is C9H3ClINO2. The number of benzene rings is 1. The third kappa shape index (κ3) is 2.11. The summed E-state index contributed by atoms with van der Waals surface area (Å²) in [6.07, 6.45) is 0.617. The maximum Gasteiger partial charge on any atom is 0.253 e. The molecule has 0 aliphatic rings. The van der Waals surface area contributed by atoms with E-state index in [1.54, 1.807) is 0 Å². The number of nitrogens with zero attached hydrogens (tertiary/aromatic N) is 1. The van der Waals surface area contributed by atoms with Gasteiger partial charge in [-0.05, 0) is 46.3 Å². The number of rotatable bonds is 2. The molecule has 0 aliphatic heterocycles. The molecular weight excluding hydrogens is 316 g/mol. The number of hydrogen-bond donors (Lipinski definition) is 0. The molecule has 0 heterocycles. The number of carbonyl (C=O) groups excluding carboxylic acids is 2. The van der Waals surface area contributed by atoms with E-state index in [0.29, 0.717) is 15.4 Å². The van der Waals surface area contributed by atoms with Gasteiger partial charge in [0.2, 0.25) is 0 Å². The molecule has 5 heteroatoms. The monoisotopic (exact) mass is 319 g/mol. The first-order valence-corrected chi connectivity index (χ1v) is 4.94. The zero-order valence-electron chi connectivity index (χ0n) is 6.75. The van der Waals surface area contributed by atoms with Crippen molar-refractivity contribution in [3.05, 3.63) is 32.4 Å². The zero-order valence-corrected chi connectivity index (χ0v) is 9.67. The summed E-state index contributed by atoms with van der Waals surface area (Å²) >= 11 is 7.17. The van der Waals surface area contributed by atoms with Crippen molar-refractivity contribution in [1.82, 2.24) is 0 Å². The largest absolute Gasteiger partial charge is 0.298 e. The molecule has 0 unspecified atom stereocenters. The van der Waals surface area contributed by atoms with Crippen LogP contribution in [0.1, 0.15) is 26.3 Å². The Morgan fingerprint density at radius 2 is 2.21 bits per heavy atom. The van der Waals surface area contributed by atoms with Crippen LogP contribution in [-0.2, 0) is 0 Å². The fourth-order valence-corrected chi connectivity index (χ4v) is 1.69. The second kappa shape index (κ2) is 4.53. The molecule has 3 nitrogen and oxygen atoms in total. The molecule has 0 spiro atoms. The Bertz CT molecular complexity index is 451. The van der Waals surface area contributed by atoms with Crippen molar-refractivity contribution in [1.29, 1.82) is 5.26 Å². The van der Waals surface area contributed by atoms with E-state index in [0.717, 1.165) is 0 Å². The Morgan fingerprint density at radius 1 is 1.57 bits per heavy atom. The van der Waals surface area contributed by atoms with Crippen molar-refractivity contribution in [3.63, 3.8) is 0 Å². The molecule has 0 saturated heterocycles. The van der Waals surface area contributed by atoms with E-state index >= 15 is 0 Å². The summed E-state index contributed by atoms with van der Waals surface area (Å²) in [6, 6.07) is 4.62. The summed E-state index contributed by atoms with van der Waals surface area (Å²) in [5, 5.41) is 7.97. The lowest BCUT2D eigenvalue weighted by atomic mass is 10.1. The summed E-state index contributed by atoms with van der Waals surface area (Å²) in [4.78, 5) is 21.5. The number of carbonyl (C=O) groups is 2. The van der Waals surface area contributed by atoms with Crippen molar-refractivity contribution in [2.75, 3.05) is 0 Å². The summed E-state index contributed by atoms with van der Waals surface area (Å²) in [6.45, 7) is 0. The van der Waals surface area contributed by atoms with Crippen LogP contribution in [0.25, 0.3) is 0 Å². The van der Waals surface area contributed by atoms with Crippen molar-refractivity contribution in [2.45, 2.75) is 0 Å². The van der Waals surface area contributed by atoms with Crippen LogP contribution < -0.4 is 0 Å². The van der Waals surface area contributed by atoms with Gasteiger partial charge < -0.3 is 0 Å². The molecule has 14 heavy (non-hydrogen) atoms. The minimum absolute atomic E-state index is 0.0664. The fourth-order valence-electron chi connectivity index (χ4n) is 0.935. The third-order valence-corrected chi connectivity index (χ3v) is 2.73. The van der Waals surface area contributed by atoms with Gasteiger partial charge >= 0.3 is 0 Å². The van der Waals surface area contributed by atoms with E-state index in [9.17, 15) is 9.59 Å². The number of hydrogen-bond acceptors (Lipinski definition) is 3. The van der Waals surface area contributed by atoms with Crippen LogP contribution in [0, 0.1) is 14.9 Å². The Kier molecular flexibility index (Phi) is 3.61. The van der Waals surface area contributed by atoms with E-state index in [1.807, 2.05) is 28.7 Å². The molecule has 1 aromatic rings. The predicted molar refractivity (Wildman–Crippen MR) is 59.4 cm³/mol. The second-order valence-electron chi connectivity index (χ2n) is 2.42. The number of nitriles is 1. The Labute approximate surface area is 98.8 Å². The molecule has 0 fully saturated rings. The topological polar surface area (TPSA) is 57.9 Å². The molecule has 0 atom stereocenters. The first kappa shape index (κ1) is 11.1. The molecule has 0 bridgehead atoms. The van der Waals surface area contributed by atoms with Gasteiger partial charge in [-0.2, -0.15) is 5.26 Å². The van der Waals surface area contributed by atoms with Crippen molar-refractivity contribution >= 4 is 45.7 Å². The lowest BCUT2D eigenvalue weighted by molar-refractivity contribution is 0.108. The maximum absolute atomic E-state index is 10.9. The van der Waals surface area contributed by atoms with E-state index < -0.39 is 5.24 Å². The number of halogens is 2. The van der Waals surface area contributed by atoms with Crippen molar-refractivity contribution < 1.29 is 9.59 Å². The molecule has 0 aromatic heterocycles. The molecule has 1 aromatic carbocycles. The quantitative estimate of drug-likeness (QED) is 0.478. The normalized spacial score (nSPS) is 9.21. The van der Waals surface area contributed by atoms with Crippen LogP contribution in [0.4, 0.5) is 0 Å². The van der Waals surface area contributed by atoms with E-state index in [2.05, 4.69) is 0 Å². The highest BCUT2D eigenvalue weighted by Gasteiger charge is 2.12. The first-order chi connectivity index (χ1) is 6.60. The maximum atomic E-state index is 10.9. The molecule has 70 valence electrons. The molecule has 0 aliphatic carbocycles. The van der Waals surface area contributed by atoms with E-state index in [-0.39, 0.29) is 11.1 Å². The Balaban J connectivity index is 3.49. The lowest BCUT2D eigenvalue weighted by Crippen LogP contribution is -1.98.